The molecule has 6 heterocycles. The number of anilines is 1. The predicted molar refractivity (Wildman–Crippen MR) is 164 cm³/mol. The standard InChI is InChI=1S/C32H28F2N10O2/c1-41-12-4-7-26-28-20(5-3-6-24(28)40-42(26)2)23-10-11-35-32(39-23)46-19-14-27(31(41)45)43(16-19)29-21-15-38-44(30(21)37-17-36-29)25-9-8-18(33)13-22(25)34/h3,5-6,8-11,13,15,17,19,27H,4,7,12,14,16H2,1-2H3/t19-,27-/m0/s1. The topological polar surface area (TPSA) is 120 Å². The van der Waals surface area contributed by atoms with Crippen LogP contribution in [0.15, 0.2) is 61.2 Å². The maximum absolute atomic E-state index is 14.7. The molecule has 4 bridgehead atoms. The number of carbonyl (C=O) groups is 1. The number of hydrogen-bond acceptors (Lipinski definition) is 9. The number of carbonyl (C=O) groups excluding carboxylic acids is 1. The number of hydrogen-bond donors (Lipinski definition) is 0. The number of nitrogens with zero attached hydrogens (tertiary/aromatic N) is 10. The van der Waals surface area contributed by atoms with Crippen molar-refractivity contribution in [1.82, 2.24) is 44.4 Å². The Morgan fingerprint density at radius 3 is 2.80 bits per heavy atom. The number of rotatable bonds is 2. The molecule has 46 heavy (non-hydrogen) atoms. The van der Waals surface area contributed by atoms with E-state index in [0.29, 0.717) is 42.8 Å². The minimum atomic E-state index is -0.778. The van der Waals surface area contributed by atoms with Crippen LogP contribution in [0.25, 0.3) is 38.9 Å². The number of ether oxygens (including phenoxy) is 1. The molecule has 2 aliphatic heterocycles. The first-order valence-corrected chi connectivity index (χ1v) is 15.0. The molecule has 0 saturated carbocycles. The lowest BCUT2D eigenvalue weighted by Crippen LogP contribution is -2.45. The average Bonchev–Trinajstić information content (AvgIpc) is 3.75. The largest absolute Gasteiger partial charge is 0.458 e. The molecule has 232 valence electrons. The number of amides is 1. The van der Waals surface area contributed by atoms with Crippen molar-refractivity contribution < 1.29 is 18.3 Å². The van der Waals surface area contributed by atoms with Gasteiger partial charge in [0.25, 0.3) is 0 Å². The van der Waals surface area contributed by atoms with E-state index >= 15 is 0 Å². The average molecular weight is 623 g/mol. The predicted octanol–water partition coefficient (Wildman–Crippen LogP) is 3.87. The monoisotopic (exact) mass is 622 g/mol. The Morgan fingerprint density at radius 2 is 1.93 bits per heavy atom. The molecule has 12 nitrogen and oxygen atoms in total. The SMILES string of the molecule is CN1CCCc2c3c(cccc3nn2C)-c2ccnc(n2)O[C@H]2C[C@@H](C1=O)N(c1ncnc3c1cnn3-c1ccc(F)cc1F)C2. The fourth-order valence-electron chi connectivity index (χ4n) is 6.60. The molecular formula is C32H28F2N10O2. The zero-order chi connectivity index (χ0) is 31.5. The van der Waals surface area contributed by atoms with Crippen molar-refractivity contribution in [3.63, 3.8) is 0 Å². The molecule has 6 aromatic rings. The van der Waals surface area contributed by atoms with Crippen molar-refractivity contribution in [2.75, 3.05) is 25.0 Å². The lowest BCUT2D eigenvalue weighted by molar-refractivity contribution is -0.131. The van der Waals surface area contributed by atoms with E-state index in [0.717, 1.165) is 46.4 Å². The highest BCUT2D eigenvalue weighted by Crippen LogP contribution is 2.35. The lowest BCUT2D eigenvalue weighted by Gasteiger charge is -2.28. The van der Waals surface area contributed by atoms with Gasteiger partial charge in [0.15, 0.2) is 11.5 Å². The minimum Gasteiger partial charge on any atom is -0.458 e. The summed E-state index contributed by atoms with van der Waals surface area (Å²) < 4.78 is 37.9. The molecule has 14 heteroatoms. The van der Waals surface area contributed by atoms with Crippen LogP contribution in [0.1, 0.15) is 18.5 Å². The van der Waals surface area contributed by atoms with Gasteiger partial charge in [0.2, 0.25) is 5.91 Å². The normalized spacial score (nSPS) is 18.6. The van der Waals surface area contributed by atoms with Gasteiger partial charge in [-0.15, -0.1) is 0 Å². The molecule has 0 spiro atoms. The van der Waals surface area contributed by atoms with Crippen LogP contribution in [0.3, 0.4) is 0 Å². The second kappa shape index (κ2) is 10.8. The lowest BCUT2D eigenvalue weighted by atomic mass is 10.0. The first-order valence-electron chi connectivity index (χ1n) is 15.0. The molecule has 0 N–H and O–H groups in total. The summed E-state index contributed by atoms with van der Waals surface area (Å²) in [7, 11) is 3.74. The maximum Gasteiger partial charge on any atom is 0.317 e. The molecule has 0 aliphatic carbocycles. The van der Waals surface area contributed by atoms with Gasteiger partial charge in [-0.05, 0) is 37.1 Å². The van der Waals surface area contributed by atoms with Crippen molar-refractivity contribution >= 4 is 33.7 Å². The minimum absolute atomic E-state index is 0.0433. The molecule has 1 fully saturated rings. The Balaban J connectivity index is 1.20. The first-order chi connectivity index (χ1) is 22.4. The van der Waals surface area contributed by atoms with Gasteiger partial charge in [0.1, 0.15) is 35.8 Å². The van der Waals surface area contributed by atoms with Crippen molar-refractivity contribution in [3.8, 4) is 23.0 Å². The number of benzene rings is 2. The van der Waals surface area contributed by atoms with Crippen LogP contribution in [-0.2, 0) is 18.3 Å². The Morgan fingerprint density at radius 1 is 1.04 bits per heavy atom. The summed E-state index contributed by atoms with van der Waals surface area (Å²) in [4.78, 5) is 35.8. The van der Waals surface area contributed by atoms with Crippen molar-refractivity contribution in [3.05, 3.63) is 78.5 Å². The highest BCUT2D eigenvalue weighted by molar-refractivity contribution is 5.96. The zero-order valence-electron chi connectivity index (χ0n) is 25.0. The van der Waals surface area contributed by atoms with E-state index < -0.39 is 23.8 Å². The molecule has 2 aromatic carbocycles. The Kier molecular flexibility index (Phi) is 6.58. The number of likely N-dealkylation sites (N-methyl/N-ethyl adjacent to an activating group) is 1. The summed E-state index contributed by atoms with van der Waals surface area (Å²) in [6, 6.07) is 10.7. The fourth-order valence-corrected chi connectivity index (χ4v) is 6.60. The van der Waals surface area contributed by atoms with Crippen LogP contribution in [0.5, 0.6) is 6.01 Å². The van der Waals surface area contributed by atoms with E-state index in [-0.39, 0.29) is 17.6 Å². The summed E-state index contributed by atoms with van der Waals surface area (Å²) in [6.45, 7) is 0.834. The Labute approximate surface area is 261 Å². The van der Waals surface area contributed by atoms with Gasteiger partial charge in [-0.2, -0.15) is 15.2 Å². The van der Waals surface area contributed by atoms with E-state index in [9.17, 15) is 13.6 Å². The summed E-state index contributed by atoms with van der Waals surface area (Å²) in [5, 5.41) is 10.6. The van der Waals surface area contributed by atoms with E-state index in [1.165, 1.54) is 23.3 Å². The number of aromatic nitrogens is 8. The van der Waals surface area contributed by atoms with Crippen LogP contribution < -0.4 is 9.64 Å². The smallest absolute Gasteiger partial charge is 0.317 e. The second-order valence-corrected chi connectivity index (χ2v) is 11.6. The molecule has 8 rings (SSSR count). The van der Waals surface area contributed by atoms with E-state index in [1.54, 1.807) is 18.1 Å². The van der Waals surface area contributed by atoms with Gasteiger partial charge < -0.3 is 14.5 Å². The van der Waals surface area contributed by atoms with Crippen LogP contribution >= 0.6 is 0 Å². The summed E-state index contributed by atoms with van der Waals surface area (Å²) in [5.41, 5.74) is 3.96. The third-order valence-electron chi connectivity index (χ3n) is 8.75. The summed E-state index contributed by atoms with van der Waals surface area (Å²) >= 11 is 0. The Hall–Kier alpha value is -5.53. The number of fused-ring (bicyclic) bond motifs is 6. The quantitative estimate of drug-likeness (QED) is 0.284. The van der Waals surface area contributed by atoms with Gasteiger partial charge in [-0.25, -0.2) is 28.4 Å². The van der Waals surface area contributed by atoms with Crippen molar-refractivity contribution in [1.29, 1.82) is 0 Å². The molecule has 2 aliphatic rings. The first kappa shape index (κ1) is 28.0. The van der Waals surface area contributed by atoms with Crippen molar-refractivity contribution in [2.45, 2.75) is 31.4 Å². The highest BCUT2D eigenvalue weighted by atomic mass is 19.1. The second-order valence-electron chi connectivity index (χ2n) is 11.6. The van der Waals surface area contributed by atoms with Crippen LogP contribution in [0.2, 0.25) is 0 Å². The summed E-state index contributed by atoms with van der Waals surface area (Å²) in [5.74, 6) is -1.10. The van der Waals surface area contributed by atoms with Gasteiger partial charge >= 0.3 is 6.01 Å². The van der Waals surface area contributed by atoms with E-state index in [2.05, 4.69) is 20.1 Å². The molecule has 2 atom stereocenters. The third-order valence-corrected chi connectivity index (χ3v) is 8.75. The zero-order valence-corrected chi connectivity index (χ0v) is 25.0. The van der Waals surface area contributed by atoms with E-state index in [4.69, 9.17) is 14.8 Å². The van der Waals surface area contributed by atoms with Gasteiger partial charge in [0.05, 0.1) is 29.3 Å². The van der Waals surface area contributed by atoms with Crippen LogP contribution in [0.4, 0.5) is 14.6 Å². The molecular weight excluding hydrogens is 594 g/mol. The van der Waals surface area contributed by atoms with Gasteiger partial charge in [0, 0.05) is 56.0 Å². The van der Waals surface area contributed by atoms with Crippen molar-refractivity contribution in [2.24, 2.45) is 7.05 Å². The highest BCUT2D eigenvalue weighted by Gasteiger charge is 2.41. The Bertz CT molecular complexity index is 2150. The number of halogens is 2. The fraction of sp³-hybridized carbons (Fsp3) is 0.281. The molecule has 0 radical (unpaired) electrons. The molecule has 1 saturated heterocycles. The van der Waals surface area contributed by atoms with E-state index in [1.807, 2.05) is 40.9 Å². The summed E-state index contributed by atoms with van der Waals surface area (Å²) in [6.07, 6.45) is 5.90. The van der Waals surface area contributed by atoms with Gasteiger partial charge in [-0.1, -0.05) is 12.1 Å². The molecule has 4 aromatic heterocycles. The number of aryl methyl sites for hydroxylation is 2. The van der Waals surface area contributed by atoms with Crippen LogP contribution in [0, 0.1) is 11.6 Å². The maximum atomic E-state index is 14.7. The van der Waals surface area contributed by atoms with Gasteiger partial charge in [-0.3, -0.25) is 9.48 Å². The molecule has 0 unspecified atom stereocenters. The molecule has 1 amide bonds. The third kappa shape index (κ3) is 4.59. The van der Waals surface area contributed by atoms with Crippen LogP contribution in [-0.4, -0.2) is 82.6 Å².